The Morgan fingerprint density at radius 3 is 2.74 bits per heavy atom. The van der Waals surface area contributed by atoms with E-state index in [1.54, 1.807) is 12.3 Å². The van der Waals surface area contributed by atoms with Crippen LogP contribution >= 0.6 is 0 Å². The highest BCUT2D eigenvalue weighted by atomic mass is 19.1. The lowest BCUT2D eigenvalue weighted by atomic mass is 10.0. The lowest BCUT2D eigenvalue weighted by Crippen LogP contribution is -2.61. The number of benzene rings is 1. The Hall–Kier alpha value is -2.92. The minimum atomic E-state index is -0.819. The van der Waals surface area contributed by atoms with Crippen molar-refractivity contribution >= 4 is 11.8 Å². The zero-order valence-corrected chi connectivity index (χ0v) is 22.9. The summed E-state index contributed by atoms with van der Waals surface area (Å²) in [5.41, 5.74) is 2.09. The molecule has 0 saturated carbocycles. The minimum absolute atomic E-state index is 0.0505. The second-order valence-electron chi connectivity index (χ2n) is 11.7. The van der Waals surface area contributed by atoms with Gasteiger partial charge >= 0.3 is 0 Å². The number of carbonyl (C=O) groups is 2. The molecule has 9 nitrogen and oxygen atoms in total. The summed E-state index contributed by atoms with van der Waals surface area (Å²) in [5, 5.41) is 27.1. The van der Waals surface area contributed by atoms with Crippen molar-refractivity contribution in [1.29, 1.82) is 0 Å². The van der Waals surface area contributed by atoms with Gasteiger partial charge in [0.05, 0.1) is 18.2 Å². The van der Waals surface area contributed by atoms with Gasteiger partial charge < -0.3 is 20.8 Å². The molecule has 4 N–H and O–H groups in total. The maximum absolute atomic E-state index is 13.7. The number of aliphatic hydroxyl groups excluding tert-OH is 2. The summed E-state index contributed by atoms with van der Waals surface area (Å²) in [5.74, 6) is -0.828. The monoisotopic (exact) mass is 541 g/mol. The van der Waals surface area contributed by atoms with Gasteiger partial charge in [0.25, 0.3) is 0 Å². The van der Waals surface area contributed by atoms with Gasteiger partial charge in [-0.2, -0.15) is 0 Å². The lowest BCUT2D eigenvalue weighted by molar-refractivity contribution is -0.131. The van der Waals surface area contributed by atoms with E-state index in [0.29, 0.717) is 31.6 Å². The van der Waals surface area contributed by atoms with E-state index >= 15 is 0 Å². The number of nitrogens with one attached hydrogen (secondary N) is 2. The van der Waals surface area contributed by atoms with Crippen molar-refractivity contribution in [2.24, 2.45) is 0 Å². The molecule has 0 spiro atoms. The third-order valence-corrected chi connectivity index (χ3v) is 7.23. The Balaban J connectivity index is 1.32. The average Bonchev–Trinajstić information content (AvgIpc) is 3.17. The molecule has 0 bridgehead atoms. The van der Waals surface area contributed by atoms with E-state index in [4.69, 9.17) is 0 Å². The summed E-state index contributed by atoms with van der Waals surface area (Å²) < 4.78 is 13.7. The molecule has 4 atom stereocenters. The topological polar surface area (TPSA) is 118 Å². The third-order valence-electron chi connectivity index (χ3n) is 7.23. The van der Waals surface area contributed by atoms with Crippen LogP contribution in [0.4, 0.5) is 4.39 Å². The van der Waals surface area contributed by atoms with Crippen LogP contribution in [0.5, 0.6) is 0 Å². The van der Waals surface area contributed by atoms with Crippen LogP contribution in [0.15, 0.2) is 42.7 Å². The Morgan fingerprint density at radius 1 is 1.23 bits per heavy atom. The number of hydrogen-bond donors (Lipinski definition) is 4. The molecule has 0 radical (unpaired) electrons. The SMILES string of the molecule is CC(C)(C)NC(=O)[C@@H]1CN(Cc2cccnc2)CCN1C[C@@H](O)CCC(=O)N[C@H]1c2cc(F)ccc2C[C@H]1O. The first-order chi connectivity index (χ1) is 18.5. The van der Waals surface area contributed by atoms with Crippen LogP contribution in [0, 0.1) is 5.82 Å². The van der Waals surface area contributed by atoms with E-state index in [1.807, 2.05) is 44.0 Å². The molecule has 1 saturated heterocycles. The van der Waals surface area contributed by atoms with Crippen LogP contribution in [0.3, 0.4) is 0 Å². The summed E-state index contributed by atoms with van der Waals surface area (Å²) in [6.45, 7) is 8.60. The Kier molecular flexibility index (Phi) is 9.32. The van der Waals surface area contributed by atoms with Gasteiger partial charge in [-0.25, -0.2) is 4.39 Å². The van der Waals surface area contributed by atoms with E-state index in [-0.39, 0.29) is 31.2 Å². The molecule has 1 aromatic heterocycles. The molecule has 2 aromatic rings. The van der Waals surface area contributed by atoms with Crippen LogP contribution in [0.1, 0.15) is 56.3 Å². The molecule has 4 rings (SSSR count). The number of hydrogen-bond acceptors (Lipinski definition) is 7. The fourth-order valence-electron chi connectivity index (χ4n) is 5.36. The second kappa shape index (κ2) is 12.5. The van der Waals surface area contributed by atoms with Crippen LogP contribution in [0.2, 0.25) is 0 Å². The molecule has 2 aliphatic rings. The summed E-state index contributed by atoms with van der Waals surface area (Å²) in [6, 6.07) is 7.12. The number of piperazine rings is 1. The van der Waals surface area contributed by atoms with Crippen LogP contribution in [-0.4, -0.2) is 86.8 Å². The zero-order valence-electron chi connectivity index (χ0n) is 22.9. The summed E-state index contributed by atoms with van der Waals surface area (Å²) in [7, 11) is 0. The number of pyridine rings is 1. The Bertz CT molecular complexity index is 1140. The minimum Gasteiger partial charge on any atom is -0.392 e. The van der Waals surface area contributed by atoms with Crippen molar-refractivity contribution in [3.8, 4) is 0 Å². The molecule has 0 unspecified atom stereocenters. The quantitative estimate of drug-likeness (QED) is 0.380. The highest BCUT2D eigenvalue weighted by molar-refractivity contribution is 5.82. The fourth-order valence-corrected chi connectivity index (χ4v) is 5.36. The largest absolute Gasteiger partial charge is 0.392 e. The van der Waals surface area contributed by atoms with Gasteiger partial charge in [0.2, 0.25) is 11.8 Å². The van der Waals surface area contributed by atoms with Gasteiger partial charge in [0.1, 0.15) is 11.9 Å². The number of rotatable bonds is 9. The predicted molar refractivity (Wildman–Crippen MR) is 145 cm³/mol. The van der Waals surface area contributed by atoms with E-state index in [0.717, 1.165) is 17.7 Å². The average molecular weight is 542 g/mol. The van der Waals surface area contributed by atoms with Gasteiger partial charge in [-0.3, -0.25) is 24.4 Å². The first-order valence-electron chi connectivity index (χ1n) is 13.6. The Labute approximate surface area is 229 Å². The van der Waals surface area contributed by atoms with Crippen molar-refractivity contribution in [3.63, 3.8) is 0 Å². The van der Waals surface area contributed by atoms with Gasteiger partial charge in [-0.15, -0.1) is 0 Å². The summed E-state index contributed by atoms with van der Waals surface area (Å²) >= 11 is 0. The van der Waals surface area contributed by atoms with Gasteiger partial charge in [-0.1, -0.05) is 12.1 Å². The van der Waals surface area contributed by atoms with Crippen LogP contribution in [0.25, 0.3) is 0 Å². The number of nitrogens with zero attached hydrogens (tertiary/aromatic N) is 3. The van der Waals surface area contributed by atoms with Crippen LogP contribution < -0.4 is 10.6 Å². The van der Waals surface area contributed by atoms with E-state index in [2.05, 4.69) is 20.5 Å². The summed E-state index contributed by atoms with van der Waals surface area (Å²) in [6.07, 6.45) is 2.53. The number of aromatic nitrogens is 1. The fraction of sp³-hybridized carbons (Fsp3) is 0.552. The van der Waals surface area contributed by atoms with E-state index in [9.17, 15) is 24.2 Å². The number of halogens is 1. The zero-order chi connectivity index (χ0) is 28.2. The smallest absolute Gasteiger partial charge is 0.239 e. The number of carbonyl (C=O) groups excluding carboxylic acids is 2. The normalized spacial score (nSPS) is 22.8. The molecule has 1 aliphatic carbocycles. The van der Waals surface area contributed by atoms with Gasteiger partial charge in [-0.05, 0) is 62.1 Å². The molecule has 1 fully saturated rings. The maximum atomic E-state index is 13.7. The highest BCUT2D eigenvalue weighted by Gasteiger charge is 2.35. The van der Waals surface area contributed by atoms with Crippen LogP contribution in [-0.2, 0) is 22.6 Å². The second-order valence-corrected chi connectivity index (χ2v) is 11.7. The van der Waals surface area contributed by atoms with Gasteiger partial charge in [0.15, 0.2) is 0 Å². The number of β-amino-alcohol motifs (C(OH)–C–C–N with tert-alkyl or cyclic N) is 1. The number of fused-ring (bicyclic) bond motifs is 1. The highest BCUT2D eigenvalue weighted by Crippen LogP contribution is 2.32. The van der Waals surface area contributed by atoms with Crippen molar-refractivity contribution < 1.29 is 24.2 Å². The van der Waals surface area contributed by atoms with E-state index < -0.39 is 35.6 Å². The van der Waals surface area contributed by atoms with Crippen molar-refractivity contribution in [2.75, 3.05) is 26.2 Å². The standard InChI is InChI=1S/C29H40FN5O4/c1-29(2,3)33-28(39)24-18-34(16-19-5-4-10-31-15-19)11-12-35(24)17-22(36)8-9-26(38)32-27-23-14-21(30)7-6-20(23)13-25(27)37/h4-7,10,14-15,22,24-25,27,36-37H,8-9,11-13,16-18H2,1-3H3,(H,32,38)(H,33,39)/t22-,24-,25+,27-/m0/s1. The molecule has 212 valence electrons. The Morgan fingerprint density at radius 2 is 2.03 bits per heavy atom. The van der Waals surface area contributed by atoms with Crippen molar-refractivity contribution in [3.05, 3.63) is 65.2 Å². The first-order valence-corrected chi connectivity index (χ1v) is 13.6. The molecule has 1 aliphatic heterocycles. The first kappa shape index (κ1) is 29.1. The van der Waals surface area contributed by atoms with Crippen molar-refractivity contribution in [1.82, 2.24) is 25.4 Å². The number of aliphatic hydroxyl groups is 2. The molecule has 2 heterocycles. The third kappa shape index (κ3) is 8.04. The van der Waals surface area contributed by atoms with Gasteiger partial charge in [0, 0.05) is 63.5 Å². The van der Waals surface area contributed by atoms with E-state index in [1.165, 1.54) is 12.1 Å². The maximum Gasteiger partial charge on any atom is 0.239 e. The number of amides is 2. The molecular formula is C29H40FN5O4. The predicted octanol–water partition coefficient (Wildman–Crippen LogP) is 1.54. The van der Waals surface area contributed by atoms with Crippen molar-refractivity contribution in [2.45, 2.75) is 76.4 Å². The molecule has 10 heteroatoms. The lowest BCUT2D eigenvalue weighted by Gasteiger charge is -2.42. The molecular weight excluding hydrogens is 501 g/mol. The summed E-state index contributed by atoms with van der Waals surface area (Å²) in [4.78, 5) is 34.3. The molecule has 39 heavy (non-hydrogen) atoms. The molecule has 2 amide bonds. The molecule has 1 aromatic carbocycles.